The maximum Gasteiger partial charge on any atom is 0.185 e. The van der Waals surface area contributed by atoms with Gasteiger partial charge in [-0.2, -0.15) is 0 Å². The second kappa shape index (κ2) is 4.75. The Hall–Kier alpha value is -1.89. The molecule has 1 aliphatic carbocycles. The van der Waals surface area contributed by atoms with Crippen molar-refractivity contribution in [2.45, 2.75) is 6.92 Å². The van der Waals surface area contributed by atoms with Gasteiger partial charge in [0.2, 0.25) is 0 Å². The lowest BCUT2D eigenvalue weighted by atomic mass is 10.1. The lowest BCUT2D eigenvalue weighted by Gasteiger charge is -1.96. The van der Waals surface area contributed by atoms with Crippen LogP contribution in [0, 0.1) is 13.3 Å². The van der Waals surface area contributed by atoms with E-state index in [1.54, 1.807) is 6.08 Å². The largest absolute Gasteiger partial charge is 0.289 e. The Morgan fingerprint density at radius 3 is 2.50 bits per heavy atom. The molecule has 79 valence electrons. The van der Waals surface area contributed by atoms with Crippen molar-refractivity contribution in [2.75, 3.05) is 0 Å². The topological polar surface area (TPSA) is 17.1 Å². The molecule has 0 amide bonds. The zero-order valence-corrected chi connectivity index (χ0v) is 9.18. The van der Waals surface area contributed by atoms with Gasteiger partial charge in [-0.05, 0) is 18.6 Å². The number of hydrogen-bond acceptors (Lipinski definition) is 1. The number of carbonyl (C=O) groups excluding carboxylic acids is 1. The highest BCUT2D eigenvalue weighted by molar-refractivity contribution is 6.04. The third-order valence-corrected chi connectivity index (χ3v) is 2.45. The average Bonchev–Trinajstić information content (AvgIpc) is 2.80. The summed E-state index contributed by atoms with van der Waals surface area (Å²) in [4.78, 5) is 11.8. The van der Waals surface area contributed by atoms with E-state index in [-0.39, 0.29) is 5.78 Å². The number of hydrogen-bond donors (Lipinski definition) is 0. The van der Waals surface area contributed by atoms with Gasteiger partial charge in [0.1, 0.15) is 0 Å². The molecule has 1 aromatic rings. The summed E-state index contributed by atoms with van der Waals surface area (Å²) in [5.74, 6) is 0.0428. The van der Waals surface area contributed by atoms with E-state index in [2.05, 4.69) is 0 Å². The number of allylic oxidation sites excluding steroid dienone is 6. The first kappa shape index (κ1) is 10.6. The number of rotatable bonds is 3. The fourth-order valence-corrected chi connectivity index (χ4v) is 1.49. The quantitative estimate of drug-likeness (QED) is 0.550. The van der Waals surface area contributed by atoms with E-state index in [1.807, 2.05) is 61.9 Å². The Labute approximate surface area is 95.8 Å². The molecule has 1 aliphatic rings. The molecule has 0 saturated heterocycles. The van der Waals surface area contributed by atoms with Gasteiger partial charge in [0.15, 0.2) is 5.78 Å². The molecule has 0 N–H and O–H groups in total. The predicted octanol–water partition coefficient (Wildman–Crippen LogP) is 3.43. The Kier molecular flexibility index (Phi) is 3.16. The molecule has 0 unspecified atom stereocenters. The van der Waals surface area contributed by atoms with Gasteiger partial charge >= 0.3 is 0 Å². The lowest BCUT2D eigenvalue weighted by molar-refractivity contribution is 0.104. The lowest BCUT2D eigenvalue weighted by Crippen LogP contribution is -1.93. The van der Waals surface area contributed by atoms with Gasteiger partial charge in [0.05, 0.1) is 0 Å². The first-order valence-corrected chi connectivity index (χ1v) is 5.26. The minimum atomic E-state index is 0.0428. The fraction of sp³-hybridized carbons (Fsp3) is 0.0667. The molecule has 0 atom stereocenters. The van der Waals surface area contributed by atoms with Gasteiger partial charge in [0.25, 0.3) is 0 Å². The first-order valence-electron chi connectivity index (χ1n) is 5.26. The normalized spacial score (nSPS) is 14.4. The van der Waals surface area contributed by atoms with Gasteiger partial charge in [-0.1, -0.05) is 54.1 Å². The van der Waals surface area contributed by atoms with Gasteiger partial charge in [-0.15, -0.1) is 0 Å². The number of carbonyl (C=O) groups is 1. The molecule has 0 spiro atoms. The third kappa shape index (κ3) is 2.57. The first-order chi connectivity index (χ1) is 7.75. The van der Waals surface area contributed by atoms with E-state index in [4.69, 9.17) is 0 Å². The second-order valence-corrected chi connectivity index (χ2v) is 3.78. The minimum absolute atomic E-state index is 0.0428. The molecule has 0 aliphatic heterocycles. The van der Waals surface area contributed by atoms with E-state index < -0.39 is 0 Å². The second-order valence-electron chi connectivity index (χ2n) is 3.78. The van der Waals surface area contributed by atoms with Crippen molar-refractivity contribution in [3.05, 3.63) is 77.8 Å². The zero-order valence-electron chi connectivity index (χ0n) is 9.18. The summed E-state index contributed by atoms with van der Waals surface area (Å²) in [6.45, 7) is 2.01. The molecule has 1 aromatic carbocycles. The van der Waals surface area contributed by atoms with Crippen LogP contribution < -0.4 is 0 Å². The van der Waals surface area contributed by atoms with E-state index in [0.717, 1.165) is 16.7 Å². The van der Waals surface area contributed by atoms with Crippen molar-refractivity contribution in [3.63, 3.8) is 0 Å². The van der Waals surface area contributed by atoms with Gasteiger partial charge in [-0.3, -0.25) is 4.79 Å². The summed E-state index contributed by atoms with van der Waals surface area (Å²) >= 11 is 0. The van der Waals surface area contributed by atoms with Crippen molar-refractivity contribution in [1.82, 2.24) is 0 Å². The Morgan fingerprint density at radius 2 is 1.88 bits per heavy atom. The molecule has 1 radical (unpaired) electrons. The standard InChI is InChI=1S/C15H13O/c1-12-6-9-14(10-7-12)15(16)11-8-13-4-2-3-5-13/h2-11H,1H3/b11-8+. The van der Waals surface area contributed by atoms with Crippen LogP contribution in [-0.2, 0) is 0 Å². The zero-order chi connectivity index (χ0) is 11.4. The molecular formula is C15H13O. The van der Waals surface area contributed by atoms with Crippen LogP contribution in [0.2, 0.25) is 0 Å². The van der Waals surface area contributed by atoms with Crippen LogP contribution in [0.25, 0.3) is 0 Å². The molecule has 0 saturated carbocycles. The van der Waals surface area contributed by atoms with E-state index >= 15 is 0 Å². The summed E-state index contributed by atoms with van der Waals surface area (Å²) in [7, 11) is 0. The monoisotopic (exact) mass is 209 g/mol. The van der Waals surface area contributed by atoms with Crippen LogP contribution >= 0.6 is 0 Å². The van der Waals surface area contributed by atoms with Crippen LogP contribution in [-0.4, -0.2) is 5.78 Å². The van der Waals surface area contributed by atoms with Crippen LogP contribution in [0.15, 0.2) is 60.2 Å². The SMILES string of the molecule is Cc1ccc(C(=O)/C=C/C2=CC=C[CH]2)cc1. The Balaban J connectivity index is 2.05. The summed E-state index contributed by atoms with van der Waals surface area (Å²) in [6.07, 6.45) is 11.3. The average molecular weight is 209 g/mol. The number of aryl methyl sites for hydroxylation is 1. The van der Waals surface area contributed by atoms with Gasteiger partial charge in [-0.25, -0.2) is 0 Å². The molecule has 1 nitrogen and oxygen atoms in total. The minimum Gasteiger partial charge on any atom is -0.289 e. The van der Waals surface area contributed by atoms with Crippen LogP contribution in [0.4, 0.5) is 0 Å². The summed E-state index contributed by atoms with van der Waals surface area (Å²) < 4.78 is 0. The smallest absolute Gasteiger partial charge is 0.185 e. The summed E-state index contributed by atoms with van der Waals surface area (Å²) in [6, 6.07) is 7.60. The third-order valence-electron chi connectivity index (χ3n) is 2.45. The van der Waals surface area contributed by atoms with Crippen LogP contribution in [0.1, 0.15) is 15.9 Å². The van der Waals surface area contributed by atoms with Crippen molar-refractivity contribution >= 4 is 5.78 Å². The maximum atomic E-state index is 11.8. The number of ketones is 1. The van der Waals surface area contributed by atoms with Gasteiger partial charge < -0.3 is 0 Å². The summed E-state index contributed by atoms with van der Waals surface area (Å²) in [5, 5.41) is 0. The fourth-order valence-electron chi connectivity index (χ4n) is 1.49. The molecule has 2 rings (SSSR count). The highest BCUT2D eigenvalue weighted by Gasteiger charge is 2.01. The van der Waals surface area contributed by atoms with E-state index in [0.29, 0.717) is 0 Å². The highest BCUT2D eigenvalue weighted by Crippen LogP contribution is 2.11. The van der Waals surface area contributed by atoms with Gasteiger partial charge in [0, 0.05) is 12.0 Å². The van der Waals surface area contributed by atoms with E-state index in [9.17, 15) is 4.79 Å². The van der Waals surface area contributed by atoms with Crippen molar-refractivity contribution in [3.8, 4) is 0 Å². The number of benzene rings is 1. The summed E-state index contributed by atoms with van der Waals surface area (Å²) in [5.41, 5.74) is 2.95. The van der Waals surface area contributed by atoms with E-state index in [1.165, 1.54) is 0 Å². The highest BCUT2D eigenvalue weighted by atomic mass is 16.1. The molecule has 0 fully saturated rings. The molecule has 16 heavy (non-hydrogen) atoms. The molecule has 0 heterocycles. The predicted molar refractivity (Wildman–Crippen MR) is 66.2 cm³/mol. The van der Waals surface area contributed by atoms with Crippen molar-refractivity contribution in [1.29, 1.82) is 0 Å². The van der Waals surface area contributed by atoms with Crippen LogP contribution in [0.3, 0.4) is 0 Å². The molecule has 0 aromatic heterocycles. The molecule has 0 bridgehead atoms. The van der Waals surface area contributed by atoms with Crippen LogP contribution in [0.5, 0.6) is 0 Å². The maximum absolute atomic E-state index is 11.8. The Bertz CT molecular complexity index is 473. The Morgan fingerprint density at radius 1 is 1.12 bits per heavy atom. The van der Waals surface area contributed by atoms with Crippen molar-refractivity contribution < 1.29 is 4.79 Å². The molecule has 1 heteroatoms. The molecular weight excluding hydrogens is 196 g/mol. The van der Waals surface area contributed by atoms with Crippen molar-refractivity contribution in [2.24, 2.45) is 0 Å².